The smallest absolute Gasteiger partial charge is 0.279 e. The molecule has 0 radical (unpaired) electrons. The Balaban J connectivity index is 1.93. The van der Waals surface area contributed by atoms with Gasteiger partial charge in [-0.25, -0.2) is 0 Å². The SMILES string of the molecule is COc1ccc(C[NH+](C)CC(=O)Nc2ccc(Cl)cc2)c(OC)c1. The van der Waals surface area contributed by atoms with Crippen LogP contribution in [-0.2, 0) is 11.3 Å². The van der Waals surface area contributed by atoms with Gasteiger partial charge in [0.1, 0.15) is 18.0 Å². The summed E-state index contributed by atoms with van der Waals surface area (Å²) in [6.07, 6.45) is 0. The summed E-state index contributed by atoms with van der Waals surface area (Å²) >= 11 is 5.84. The number of quaternary nitrogens is 1. The molecular formula is C18H22ClN2O3+. The van der Waals surface area contributed by atoms with Gasteiger partial charge in [-0.05, 0) is 36.4 Å². The van der Waals surface area contributed by atoms with E-state index in [4.69, 9.17) is 21.1 Å². The van der Waals surface area contributed by atoms with E-state index in [0.717, 1.165) is 27.6 Å². The lowest BCUT2D eigenvalue weighted by molar-refractivity contribution is -0.885. The number of carbonyl (C=O) groups is 1. The third-order valence-corrected chi connectivity index (χ3v) is 3.83. The third-order valence-electron chi connectivity index (χ3n) is 3.58. The van der Waals surface area contributed by atoms with E-state index < -0.39 is 0 Å². The van der Waals surface area contributed by atoms with Crippen LogP contribution in [0.2, 0.25) is 5.02 Å². The highest BCUT2D eigenvalue weighted by molar-refractivity contribution is 6.30. The number of ether oxygens (including phenoxy) is 2. The minimum atomic E-state index is -0.0534. The van der Waals surface area contributed by atoms with Gasteiger partial charge in [0.2, 0.25) is 0 Å². The van der Waals surface area contributed by atoms with Crippen molar-refractivity contribution in [1.82, 2.24) is 0 Å². The molecule has 1 amide bonds. The fourth-order valence-electron chi connectivity index (χ4n) is 2.40. The number of halogens is 1. The molecule has 0 aliphatic carbocycles. The van der Waals surface area contributed by atoms with Crippen molar-refractivity contribution in [3.05, 3.63) is 53.1 Å². The summed E-state index contributed by atoms with van der Waals surface area (Å²) in [5.41, 5.74) is 1.76. The standard InChI is InChI=1S/C18H21ClN2O3/c1-21(11-13-4-9-16(23-2)10-17(13)24-3)12-18(22)20-15-7-5-14(19)6-8-15/h4-10H,11-12H2,1-3H3,(H,20,22)/p+1. The summed E-state index contributed by atoms with van der Waals surface area (Å²) in [4.78, 5) is 13.2. The molecule has 128 valence electrons. The summed E-state index contributed by atoms with van der Waals surface area (Å²) < 4.78 is 10.6. The van der Waals surface area contributed by atoms with Crippen LogP contribution in [0.15, 0.2) is 42.5 Å². The molecule has 2 aromatic rings. The molecule has 1 unspecified atom stereocenters. The predicted octanol–water partition coefficient (Wildman–Crippen LogP) is 2.01. The maximum absolute atomic E-state index is 12.1. The number of benzene rings is 2. The van der Waals surface area contributed by atoms with Crippen LogP contribution < -0.4 is 19.7 Å². The summed E-state index contributed by atoms with van der Waals surface area (Å²) in [5, 5.41) is 3.50. The molecule has 0 saturated heterocycles. The van der Waals surface area contributed by atoms with Gasteiger partial charge in [-0.15, -0.1) is 0 Å². The number of hydrogen-bond acceptors (Lipinski definition) is 3. The molecule has 0 fully saturated rings. The van der Waals surface area contributed by atoms with Crippen LogP contribution in [0.4, 0.5) is 5.69 Å². The van der Waals surface area contributed by atoms with Crippen molar-refractivity contribution in [2.45, 2.75) is 6.54 Å². The summed E-state index contributed by atoms with van der Waals surface area (Å²) in [7, 11) is 5.21. The molecule has 0 saturated carbocycles. The minimum Gasteiger partial charge on any atom is -0.497 e. The van der Waals surface area contributed by atoms with Crippen LogP contribution in [0, 0.1) is 0 Å². The lowest BCUT2D eigenvalue weighted by Gasteiger charge is -2.16. The van der Waals surface area contributed by atoms with E-state index in [1.807, 2.05) is 25.2 Å². The van der Waals surface area contributed by atoms with Crippen LogP contribution in [0.25, 0.3) is 0 Å². The van der Waals surface area contributed by atoms with Crippen molar-refractivity contribution in [3.63, 3.8) is 0 Å². The number of likely N-dealkylation sites (N-methyl/N-ethyl adjacent to an activating group) is 1. The zero-order chi connectivity index (χ0) is 17.5. The van der Waals surface area contributed by atoms with E-state index in [2.05, 4.69) is 5.32 Å². The number of methoxy groups -OCH3 is 2. The Morgan fingerprint density at radius 1 is 1.12 bits per heavy atom. The number of rotatable bonds is 7. The Labute approximate surface area is 147 Å². The van der Waals surface area contributed by atoms with Gasteiger partial charge in [0.05, 0.1) is 21.3 Å². The predicted molar refractivity (Wildman–Crippen MR) is 95.1 cm³/mol. The Kier molecular flexibility index (Phi) is 6.46. The number of hydrogen-bond donors (Lipinski definition) is 2. The number of amides is 1. The highest BCUT2D eigenvalue weighted by Crippen LogP contribution is 2.23. The van der Waals surface area contributed by atoms with Crippen molar-refractivity contribution >= 4 is 23.2 Å². The Bertz CT molecular complexity index is 689. The molecule has 0 aliphatic heterocycles. The quantitative estimate of drug-likeness (QED) is 0.804. The molecule has 24 heavy (non-hydrogen) atoms. The van der Waals surface area contributed by atoms with E-state index in [-0.39, 0.29) is 5.91 Å². The van der Waals surface area contributed by atoms with Crippen molar-refractivity contribution in [2.75, 3.05) is 33.1 Å². The van der Waals surface area contributed by atoms with E-state index in [0.29, 0.717) is 18.1 Å². The van der Waals surface area contributed by atoms with E-state index in [9.17, 15) is 4.79 Å². The average molecular weight is 350 g/mol. The number of anilines is 1. The molecule has 0 aliphatic rings. The van der Waals surface area contributed by atoms with Gasteiger partial charge >= 0.3 is 0 Å². The van der Waals surface area contributed by atoms with Crippen LogP contribution in [0.5, 0.6) is 11.5 Å². The van der Waals surface area contributed by atoms with Gasteiger partial charge in [0.25, 0.3) is 5.91 Å². The Hall–Kier alpha value is -2.24. The topological polar surface area (TPSA) is 52.0 Å². The first kappa shape index (κ1) is 18.1. The molecule has 2 aromatic carbocycles. The molecular weight excluding hydrogens is 328 g/mol. The van der Waals surface area contributed by atoms with E-state index in [1.54, 1.807) is 38.5 Å². The average Bonchev–Trinajstić information content (AvgIpc) is 2.57. The first-order valence-electron chi connectivity index (χ1n) is 7.59. The largest absolute Gasteiger partial charge is 0.497 e. The van der Waals surface area contributed by atoms with Crippen molar-refractivity contribution in [3.8, 4) is 11.5 Å². The molecule has 0 aromatic heterocycles. The van der Waals surface area contributed by atoms with Gasteiger partial charge in [-0.2, -0.15) is 0 Å². The molecule has 6 heteroatoms. The summed E-state index contributed by atoms with van der Waals surface area (Å²) in [6.45, 7) is 1.01. The molecule has 2 rings (SSSR count). The van der Waals surface area contributed by atoms with Gasteiger partial charge < -0.3 is 19.7 Å². The number of carbonyl (C=O) groups excluding carboxylic acids is 1. The Morgan fingerprint density at radius 2 is 1.83 bits per heavy atom. The maximum Gasteiger partial charge on any atom is 0.279 e. The molecule has 5 nitrogen and oxygen atoms in total. The molecule has 0 spiro atoms. The molecule has 0 bridgehead atoms. The Morgan fingerprint density at radius 3 is 2.46 bits per heavy atom. The summed E-state index contributed by atoms with van der Waals surface area (Å²) in [6, 6.07) is 12.7. The van der Waals surface area contributed by atoms with Crippen molar-refractivity contribution in [1.29, 1.82) is 0 Å². The first-order chi connectivity index (χ1) is 11.5. The second-order valence-electron chi connectivity index (χ2n) is 5.54. The second-order valence-corrected chi connectivity index (χ2v) is 5.98. The maximum atomic E-state index is 12.1. The zero-order valence-electron chi connectivity index (χ0n) is 14.1. The third kappa shape index (κ3) is 5.15. The highest BCUT2D eigenvalue weighted by atomic mass is 35.5. The lowest BCUT2D eigenvalue weighted by Crippen LogP contribution is -3.08. The van der Waals surface area contributed by atoms with Gasteiger partial charge in [-0.3, -0.25) is 4.79 Å². The normalized spacial score (nSPS) is 11.7. The van der Waals surface area contributed by atoms with Crippen molar-refractivity contribution < 1.29 is 19.2 Å². The molecule has 0 heterocycles. The van der Waals surface area contributed by atoms with Crippen molar-refractivity contribution in [2.24, 2.45) is 0 Å². The van der Waals surface area contributed by atoms with Gasteiger partial charge in [-0.1, -0.05) is 11.6 Å². The van der Waals surface area contributed by atoms with Crippen LogP contribution in [-0.4, -0.2) is 33.7 Å². The van der Waals surface area contributed by atoms with Gasteiger partial charge in [0.15, 0.2) is 6.54 Å². The minimum absolute atomic E-state index is 0.0534. The highest BCUT2D eigenvalue weighted by Gasteiger charge is 2.14. The molecule has 2 N–H and O–H groups in total. The van der Waals surface area contributed by atoms with E-state index in [1.165, 1.54) is 0 Å². The van der Waals surface area contributed by atoms with Gasteiger partial charge in [0, 0.05) is 22.3 Å². The number of nitrogens with one attached hydrogen (secondary N) is 2. The summed E-state index contributed by atoms with van der Waals surface area (Å²) in [5.74, 6) is 1.45. The first-order valence-corrected chi connectivity index (χ1v) is 7.97. The van der Waals surface area contributed by atoms with E-state index >= 15 is 0 Å². The lowest BCUT2D eigenvalue weighted by atomic mass is 10.2. The van der Waals surface area contributed by atoms with Crippen LogP contribution in [0.3, 0.4) is 0 Å². The molecule has 1 atom stereocenters. The zero-order valence-corrected chi connectivity index (χ0v) is 14.8. The second kappa shape index (κ2) is 8.57. The fourth-order valence-corrected chi connectivity index (χ4v) is 2.52. The monoisotopic (exact) mass is 349 g/mol. The fraction of sp³-hybridized carbons (Fsp3) is 0.278. The van der Waals surface area contributed by atoms with Crippen LogP contribution in [0.1, 0.15) is 5.56 Å². The van der Waals surface area contributed by atoms with Crippen LogP contribution >= 0.6 is 11.6 Å².